The minimum atomic E-state index is -1.48. The van der Waals surface area contributed by atoms with Crippen LogP contribution in [0.5, 0.6) is 5.75 Å². The first-order chi connectivity index (χ1) is 16.3. The third-order valence-electron chi connectivity index (χ3n) is 5.05. The number of amides is 3. The predicted octanol–water partition coefficient (Wildman–Crippen LogP) is -1.69. The molecule has 13 heteroatoms. The highest BCUT2D eigenvalue weighted by molar-refractivity contribution is 5.94. The van der Waals surface area contributed by atoms with Gasteiger partial charge in [0.25, 0.3) is 0 Å². The number of phenolic OH excluding ortho intramolecular Hbond substituents is 1. The van der Waals surface area contributed by atoms with Gasteiger partial charge in [0, 0.05) is 12.8 Å². The molecule has 0 spiro atoms. The van der Waals surface area contributed by atoms with Gasteiger partial charge < -0.3 is 42.1 Å². The number of carbonyl (C=O) groups is 5. The van der Waals surface area contributed by atoms with E-state index in [0.29, 0.717) is 5.56 Å². The number of phenols is 1. The number of hydrogen-bond donors (Lipinski definition) is 8. The minimum absolute atomic E-state index is 0.00600. The molecule has 3 amide bonds. The lowest BCUT2D eigenvalue weighted by atomic mass is 10.00. The molecule has 0 fully saturated rings. The number of aliphatic hydroxyl groups excluding tert-OH is 1. The molecule has 35 heavy (non-hydrogen) atoms. The minimum Gasteiger partial charge on any atom is -0.508 e. The molecule has 4 atom stereocenters. The molecule has 0 saturated heterocycles. The lowest BCUT2D eigenvalue weighted by Crippen LogP contribution is -2.59. The van der Waals surface area contributed by atoms with Gasteiger partial charge in [-0.05, 0) is 30.0 Å². The molecule has 0 bridgehead atoms. The van der Waals surface area contributed by atoms with Crippen LogP contribution in [0.4, 0.5) is 0 Å². The Balaban J connectivity index is 3.06. The van der Waals surface area contributed by atoms with Gasteiger partial charge in [0.2, 0.25) is 17.7 Å². The Kier molecular flexibility index (Phi) is 11.6. The van der Waals surface area contributed by atoms with Crippen LogP contribution in [-0.2, 0) is 30.4 Å². The molecule has 1 rings (SSSR count). The molecule has 0 aliphatic rings. The van der Waals surface area contributed by atoms with Crippen molar-refractivity contribution in [1.29, 1.82) is 0 Å². The zero-order chi connectivity index (χ0) is 26.7. The Morgan fingerprint density at radius 3 is 1.94 bits per heavy atom. The first-order valence-corrected chi connectivity index (χ1v) is 10.9. The zero-order valence-electron chi connectivity index (χ0n) is 19.4. The van der Waals surface area contributed by atoms with E-state index in [4.69, 9.17) is 15.9 Å². The van der Waals surface area contributed by atoms with Crippen molar-refractivity contribution in [2.45, 2.75) is 57.3 Å². The van der Waals surface area contributed by atoms with Gasteiger partial charge in [0.05, 0.1) is 6.61 Å². The van der Waals surface area contributed by atoms with Crippen molar-refractivity contribution in [3.63, 3.8) is 0 Å². The largest absolute Gasteiger partial charge is 0.508 e. The van der Waals surface area contributed by atoms with Crippen LogP contribution < -0.4 is 21.7 Å². The second-order valence-corrected chi connectivity index (χ2v) is 8.28. The van der Waals surface area contributed by atoms with Crippen LogP contribution in [0.2, 0.25) is 0 Å². The fourth-order valence-corrected chi connectivity index (χ4v) is 3.01. The highest BCUT2D eigenvalue weighted by Gasteiger charge is 2.32. The van der Waals surface area contributed by atoms with Gasteiger partial charge in [-0.15, -0.1) is 0 Å². The third-order valence-corrected chi connectivity index (χ3v) is 5.05. The van der Waals surface area contributed by atoms with Gasteiger partial charge >= 0.3 is 11.9 Å². The Bertz CT molecular complexity index is 905. The summed E-state index contributed by atoms with van der Waals surface area (Å²) in [4.78, 5) is 60.2. The van der Waals surface area contributed by atoms with Gasteiger partial charge in [-0.25, -0.2) is 4.79 Å². The van der Waals surface area contributed by atoms with E-state index in [1.807, 2.05) is 0 Å². The van der Waals surface area contributed by atoms with Gasteiger partial charge in [-0.2, -0.15) is 0 Å². The van der Waals surface area contributed by atoms with E-state index >= 15 is 0 Å². The van der Waals surface area contributed by atoms with Crippen molar-refractivity contribution >= 4 is 29.7 Å². The highest BCUT2D eigenvalue weighted by atomic mass is 16.4. The fraction of sp³-hybridized carbons (Fsp3) is 0.500. The third kappa shape index (κ3) is 9.98. The molecule has 0 aromatic heterocycles. The molecule has 4 unspecified atom stereocenters. The SMILES string of the molecule is CC(C)C(NC(=O)C(Cc1ccc(O)cc1)NC(=O)C(N)CO)C(=O)NC(CCC(=O)O)C(=O)O. The topological polar surface area (TPSA) is 228 Å². The molecular weight excluding hydrogens is 464 g/mol. The van der Waals surface area contributed by atoms with E-state index in [1.165, 1.54) is 24.3 Å². The van der Waals surface area contributed by atoms with Crippen LogP contribution in [0.1, 0.15) is 32.3 Å². The molecule has 9 N–H and O–H groups in total. The van der Waals surface area contributed by atoms with Gasteiger partial charge in [-0.3, -0.25) is 19.2 Å². The normalized spacial score (nSPS) is 14.3. The zero-order valence-corrected chi connectivity index (χ0v) is 19.4. The average molecular weight is 497 g/mol. The summed E-state index contributed by atoms with van der Waals surface area (Å²) >= 11 is 0. The number of carbonyl (C=O) groups excluding carboxylic acids is 3. The van der Waals surface area contributed by atoms with Gasteiger partial charge in [-0.1, -0.05) is 26.0 Å². The van der Waals surface area contributed by atoms with E-state index in [1.54, 1.807) is 13.8 Å². The summed E-state index contributed by atoms with van der Waals surface area (Å²) in [5.41, 5.74) is 6.08. The quantitative estimate of drug-likeness (QED) is 0.146. The van der Waals surface area contributed by atoms with Crippen molar-refractivity contribution < 1.29 is 44.4 Å². The van der Waals surface area contributed by atoms with E-state index in [2.05, 4.69) is 16.0 Å². The second-order valence-electron chi connectivity index (χ2n) is 8.28. The number of aliphatic hydroxyl groups is 1. The predicted molar refractivity (Wildman–Crippen MR) is 122 cm³/mol. The van der Waals surface area contributed by atoms with E-state index in [9.17, 15) is 34.2 Å². The van der Waals surface area contributed by atoms with Gasteiger partial charge in [0.15, 0.2) is 0 Å². The van der Waals surface area contributed by atoms with Crippen molar-refractivity contribution in [1.82, 2.24) is 16.0 Å². The Hall–Kier alpha value is -3.71. The summed E-state index contributed by atoms with van der Waals surface area (Å²) in [6.07, 6.45) is -0.881. The molecule has 0 aliphatic carbocycles. The number of aliphatic carboxylic acids is 2. The van der Waals surface area contributed by atoms with Crippen LogP contribution in [0.3, 0.4) is 0 Å². The Labute approximate surface area is 201 Å². The standard InChI is InChI=1S/C22H32N4O9/c1-11(2)18(21(33)24-15(22(34)35)7-8-17(29)30)26-20(32)16(25-19(31)14(23)10-27)9-12-3-5-13(28)6-4-12/h3-6,11,14-16,18,27-28H,7-10,23H2,1-2H3,(H,24,33)(H,25,31)(H,26,32)(H,29,30)(H,34,35). The first kappa shape index (κ1) is 29.3. The molecule has 194 valence electrons. The fourth-order valence-electron chi connectivity index (χ4n) is 3.01. The monoisotopic (exact) mass is 496 g/mol. The summed E-state index contributed by atoms with van der Waals surface area (Å²) in [5, 5.41) is 43.8. The second kappa shape index (κ2) is 13.9. The first-order valence-electron chi connectivity index (χ1n) is 10.9. The lowest BCUT2D eigenvalue weighted by Gasteiger charge is -2.27. The van der Waals surface area contributed by atoms with E-state index in [0.717, 1.165) is 0 Å². The number of aromatic hydroxyl groups is 1. The summed E-state index contributed by atoms with van der Waals surface area (Å²) in [6.45, 7) is 2.54. The number of benzene rings is 1. The highest BCUT2D eigenvalue weighted by Crippen LogP contribution is 2.12. The Morgan fingerprint density at radius 2 is 1.46 bits per heavy atom. The lowest BCUT2D eigenvalue weighted by molar-refractivity contribution is -0.143. The van der Waals surface area contributed by atoms with Crippen LogP contribution >= 0.6 is 0 Å². The van der Waals surface area contributed by atoms with Crippen molar-refractivity contribution in [2.24, 2.45) is 11.7 Å². The summed E-state index contributed by atoms with van der Waals surface area (Å²) in [6, 6.07) is 0.631. The molecule has 1 aromatic carbocycles. The molecule has 0 radical (unpaired) electrons. The number of carboxylic acid groups (broad SMARTS) is 2. The number of hydrogen-bond acceptors (Lipinski definition) is 8. The summed E-state index contributed by atoms with van der Waals surface area (Å²) in [7, 11) is 0. The van der Waals surface area contributed by atoms with Crippen molar-refractivity contribution in [3.05, 3.63) is 29.8 Å². The maximum absolute atomic E-state index is 13.1. The number of carboxylic acids is 2. The van der Waals surface area contributed by atoms with Crippen LogP contribution in [0, 0.1) is 5.92 Å². The summed E-state index contributed by atoms with van der Waals surface area (Å²) in [5.74, 6) is -5.59. The maximum atomic E-state index is 13.1. The number of nitrogens with one attached hydrogen (secondary N) is 3. The number of nitrogens with two attached hydrogens (primary N) is 1. The van der Waals surface area contributed by atoms with Crippen LogP contribution in [-0.4, -0.2) is 80.9 Å². The van der Waals surface area contributed by atoms with Gasteiger partial charge in [0.1, 0.15) is 29.9 Å². The van der Waals surface area contributed by atoms with E-state index < -0.39 is 72.8 Å². The molecule has 0 heterocycles. The Morgan fingerprint density at radius 1 is 0.886 bits per heavy atom. The average Bonchev–Trinajstić information content (AvgIpc) is 2.79. The molecule has 0 aliphatic heterocycles. The maximum Gasteiger partial charge on any atom is 0.326 e. The van der Waals surface area contributed by atoms with E-state index in [-0.39, 0.29) is 18.6 Å². The van der Waals surface area contributed by atoms with Crippen molar-refractivity contribution in [3.8, 4) is 5.75 Å². The molecule has 1 aromatic rings. The number of rotatable bonds is 14. The molecule has 0 saturated carbocycles. The van der Waals surface area contributed by atoms with Crippen LogP contribution in [0.25, 0.3) is 0 Å². The van der Waals surface area contributed by atoms with Crippen molar-refractivity contribution in [2.75, 3.05) is 6.61 Å². The van der Waals surface area contributed by atoms with Crippen LogP contribution in [0.15, 0.2) is 24.3 Å². The molecule has 13 nitrogen and oxygen atoms in total. The molecular formula is C22H32N4O9. The summed E-state index contributed by atoms with van der Waals surface area (Å²) < 4.78 is 0. The smallest absolute Gasteiger partial charge is 0.326 e.